The van der Waals surface area contributed by atoms with Gasteiger partial charge in [-0.2, -0.15) is 0 Å². The van der Waals surface area contributed by atoms with Crippen LogP contribution in [-0.4, -0.2) is 23.1 Å². The number of allylic oxidation sites excluding steroid dienone is 2. The Bertz CT molecular complexity index is 557. The van der Waals surface area contributed by atoms with Crippen LogP contribution in [0.25, 0.3) is 0 Å². The zero-order chi connectivity index (χ0) is 28.7. The van der Waals surface area contributed by atoms with E-state index in [-0.39, 0.29) is 12.4 Å². The van der Waals surface area contributed by atoms with E-state index in [2.05, 4.69) is 26.0 Å². The number of esters is 1. The van der Waals surface area contributed by atoms with E-state index >= 15 is 0 Å². The lowest BCUT2D eigenvalue weighted by atomic mass is 10.0. The van der Waals surface area contributed by atoms with E-state index in [9.17, 15) is 14.7 Å². The molecule has 0 aromatic heterocycles. The molecule has 0 rings (SSSR count). The largest absolute Gasteiger partial charge is 0.481 e. The molecule has 4 heteroatoms. The zero-order valence-electron chi connectivity index (χ0n) is 26.2. The number of hydrogen-bond acceptors (Lipinski definition) is 3. The molecular formula is C35H66O4. The minimum absolute atomic E-state index is 0.0717. The van der Waals surface area contributed by atoms with Gasteiger partial charge in [0.05, 0.1) is 6.42 Å². The van der Waals surface area contributed by atoms with Crippen LogP contribution in [0.2, 0.25) is 0 Å². The van der Waals surface area contributed by atoms with Gasteiger partial charge in [-0.3, -0.25) is 9.59 Å². The Balaban J connectivity index is 3.58. The van der Waals surface area contributed by atoms with Crippen LogP contribution in [0.1, 0.15) is 194 Å². The van der Waals surface area contributed by atoms with Crippen molar-refractivity contribution in [1.29, 1.82) is 0 Å². The van der Waals surface area contributed by atoms with Crippen LogP contribution in [-0.2, 0) is 14.3 Å². The Morgan fingerprint density at radius 2 is 0.949 bits per heavy atom. The molecule has 0 fully saturated rings. The van der Waals surface area contributed by atoms with Crippen molar-refractivity contribution in [1.82, 2.24) is 0 Å². The van der Waals surface area contributed by atoms with E-state index in [4.69, 9.17) is 4.74 Å². The monoisotopic (exact) mass is 550 g/mol. The second-order valence-electron chi connectivity index (χ2n) is 11.7. The molecule has 0 aliphatic heterocycles. The van der Waals surface area contributed by atoms with Crippen molar-refractivity contribution in [2.45, 2.75) is 200 Å². The van der Waals surface area contributed by atoms with Crippen LogP contribution in [0.3, 0.4) is 0 Å². The third kappa shape index (κ3) is 31.1. The van der Waals surface area contributed by atoms with E-state index in [1.165, 1.54) is 135 Å². The summed E-state index contributed by atoms with van der Waals surface area (Å²) in [5.74, 6) is -1.10. The predicted molar refractivity (Wildman–Crippen MR) is 167 cm³/mol. The number of ether oxygens (including phenoxy) is 1. The van der Waals surface area contributed by atoms with Gasteiger partial charge in [0.25, 0.3) is 0 Å². The Labute approximate surface area is 243 Å². The van der Waals surface area contributed by atoms with Gasteiger partial charge in [0.2, 0.25) is 0 Å². The fourth-order valence-corrected chi connectivity index (χ4v) is 5.20. The average Bonchev–Trinajstić information content (AvgIpc) is 2.91. The molecule has 0 heterocycles. The van der Waals surface area contributed by atoms with Crippen molar-refractivity contribution >= 4 is 11.9 Å². The number of carboxylic acids is 1. The second-order valence-corrected chi connectivity index (χ2v) is 11.7. The van der Waals surface area contributed by atoms with Gasteiger partial charge >= 0.3 is 11.9 Å². The molecule has 0 aliphatic carbocycles. The number of carboxylic acid groups (broad SMARTS) is 1. The average molecular weight is 551 g/mol. The summed E-state index contributed by atoms with van der Waals surface area (Å²) in [5, 5.41) is 9.17. The first-order chi connectivity index (χ1) is 19.1. The van der Waals surface area contributed by atoms with Gasteiger partial charge in [-0.1, -0.05) is 148 Å². The SMILES string of the molecule is CCCCCCCC/C=C\CCCCCCCCCCCC(=O)OC(CCCCCCCCCC)CC(=O)O. The number of carbonyl (C=O) groups excluding carboxylic acids is 1. The molecule has 0 aromatic rings. The first kappa shape index (κ1) is 37.7. The molecule has 0 bridgehead atoms. The van der Waals surface area contributed by atoms with Crippen molar-refractivity contribution in [2.24, 2.45) is 0 Å². The minimum atomic E-state index is -0.882. The quantitative estimate of drug-likeness (QED) is 0.0529. The van der Waals surface area contributed by atoms with Gasteiger partial charge in [-0.25, -0.2) is 0 Å². The predicted octanol–water partition coefficient (Wildman–Crippen LogP) is 11.5. The lowest BCUT2D eigenvalue weighted by molar-refractivity contribution is -0.153. The Hall–Kier alpha value is -1.32. The molecule has 0 aliphatic rings. The minimum Gasteiger partial charge on any atom is -0.481 e. The molecule has 0 spiro atoms. The molecule has 0 saturated heterocycles. The highest BCUT2D eigenvalue weighted by Gasteiger charge is 2.17. The highest BCUT2D eigenvalue weighted by molar-refractivity contribution is 5.71. The van der Waals surface area contributed by atoms with E-state index in [1.54, 1.807) is 0 Å². The van der Waals surface area contributed by atoms with Crippen LogP contribution in [0, 0.1) is 0 Å². The number of carbonyl (C=O) groups is 2. The normalized spacial score (nSPS) is 12.3. The van der Waals surface area contributed by atoms with Gasteiger partial charge in [0.1, 0.15) is 6.10 Å². The van der Waals surface area contributed by atoms with Gasteiger partial charge < -0.3 is 9.84 Å². The maximum atomic E-state index is 12.2. The van der Waals surface area contributed by atoms with Crippen LogP contribution < -0.4 is 0 Å². The van der Waals surface area contributed by atoms with Crippen LogP contribution >= 0.6 is 0 Å². The summed E-state index contributed by atoms with van der Waals surface area (Å²) >= 11 is 0. The van der Waals surface area contributed by atoms with E-state index in [0.717, 1.165) is 25.7 Å². The molecule has 39 heavy (non-hydrogen) atoms. The highest BCUT2D eigenvalue weighted by Crippen LogP contribution is 2.16. The molecule has 1 atom stereocenters. The Morgan fingerprint density at radius 1 is 0.564 bits per heavy atom. The number of aliphatic carboxylic acids is 1. The summed E-state index contributed by atoms with van der Waals surface area (Å²) in [5.41, 5.74) is 0. The molecule has 0 amide bonds. The summed E-state index contributed by atoms with van der Waals surface area (Å²) in [6.07, 6.45) is 36.7. The Kier molecular flexibility index (Phi) is 30.2. The van der Waals surface area contributed by atoms with Gasteiger partial charge in [-0.15, -0.1) is 0 Å². The van der Waals surface area contributed by atoms with Crippen molar-refractivity contribution < 1.29 is 19.4 Å². The summed E-state index contributed by atoms with van der Waals surface area (Å²) in [6.45, 7) is 4.50. The molecule has 4 nitrogen and oxygen atoms in total. The van der Waals surface area contributed by atoms with Gasteiger partial charge in [0.15, 0.2) is 0 Å². The van der Waals surface area contributed by atoms with E-state index in [1.807, 2.05) is 0 Å². The van der Waals surface area contributed by atoms with Crippen molar-refractivity contribution in [3.63, 3.8) is 0 Å². The van der Waals surface area contributed by atoms with E-state index in [0.29, 0.717) is 12.8 Å². The van der Waals surface area contributed by atoms with E-state index < -0.39 is 12.1 Å². The third-order valence-corrected chi connectivity index (χ3v) is 7.72. The molecule has 0 radical (unpaired) electrons. The number of rotatable bonds is 31. The highest BCUT2D eigenvalue weighted by atomic mass is 16.5. The molecule has 0 saturated carbocycles. The first-order valence-corrected chi connectivity index (χ1v) is 17.2. The van der Waals surface area contributed by atoms with Crippen LogP contribution in [0.15, 0.2) is 12.2 Å². The first-order valence-electron chi connectivity index (χ1n) is 17.2. The lowest BCUT2D eigenvalue weighted by Gasteiger charge is -2.16. The number of unbranched alkanes of at least 4 members (excludes halogenated alkanes) is 22. The summed E-state index contributed by atoms with van der Waals surface area (Å²) in [6, 6.07) is 0. The fraction of sp³-hybridized carbons (Fsp3) is 0.886. The molecule has 1 unspecified atom stereocenters. The van der Waals surface area contributed by atoms with Crippen molar-refractivity contribution in [3.05, 3.63) is 12.2 Å². The molecular weight excluding hydrogens is 484 g/mol. The van der Waals surface area contributed by atoms with Gasteiger partial charge in [-0.05, 0) is 44.9 Å². The van der Waals surface area contributed by atoms with Crippen LogP contribution in [0.4, 0.5) is 0 Å². The molecule has 0 aromatic carbocycles. The standard InChI is InChI=1S/C35H66O4/c1-3-5-7-9-11-13-14-15-16-17-18-19-20-21-22-23-25-27-29-31-35(38)39-33(32-34(36)37)30-28-26-24-12-10-8-6-4-2/h15-16,33H,3-14,17-32H2,1-2H3,(H,36,37)/b16-15-. The molecule has 1 N–H and O–H groups in total. The summed E-state index contributed by atoms with van der Waals surface area (Å²) in [4.78, 5) is 23.4. The smallest absolute Gasteiger partial charge is 0.307 e. The third-order valence-electron chi connectivity index (χ3n) is 7.72. The summed E-state index contributed by atoms with van der Waals surface area (Å²) < 4.78 is 5.53. The summed E-state index contributed by atoms with van der Waals surface area (Å²) in [7, 11) is 0. The fourth-order valence-electron chi connectivity index (χ4n) is 5.20. The number of hydrogen-bond donors (Lipinski definition) is 1. The maximum absolute atomic E-state index is 12.2. The lowest BCUT2D eigenvalue weighted by Crippen LogP contribution is -2.21. The maximum Gasteiger partial charge on any atom is 0.307 e. The zero-order valence-corrected chi connectivity index (χ0v) is 26.2. The van der Waals surface area contributed by atoms with Crippen molar-refractivity contribution in [3.8, 4) is 0 Å². The van der Waals surface area contributed by atoms with Crippen molar-refractivity contribution in [2.75, 3.05) is 0 Å². The van der Waals surface area contributed by atoms with Gasteiger partial charge in [0, 0.05) is 6.42 Å². The Morgan fingerprint density at radius 3 is 1.38 bits per heavy atom. The van der Waals surface area contributed by atoms with Crippen LogP contribution in [0.5, 0.6) is 0 Å². The molecule has 230 valence electrons. The second kappa shape index (κ2) is 31.2. The topological polar surface area (TPSA) is 63.6 Å².